The molecule has 1 aromatic carbocycles. The first-order valence-corrected chi connectivity index (χ1v) is 4.59. The molecule has 3 nitrogen and oxygen atoms in total. The zero-order valence-corrected chi connectivity index (χ0v) is 8.10. The van der Waals surface area contributed by atoms with Crippen LogP contribution in [-0.4, -0.2) is 16.0 Å². The van der Waals surface area contributed by atoms with Gasteiger partial charge in [-0.3, -0.25) is 9.89 Å². The summed E-state index contributed by atoms with van der Waals surface area (Å²) < 4.78 is 0. The summed E-state index contributed by atoms with van der Waals surface area (Å²) >= 11 is 0. The molecule has 0 spiro atoms. The average molecular weight is 198 g/mol. The van der Waals surface area contributed by atoms with Crippen molar-refractivity contribution >= 4 is 5.78 Å². The van der Waals surface area contributed by atoms with E-state index in [1.54, 1.807) is 6.07 Å². The SMILES string of the molecule is C=CC(=O)c1cc(-c2ccccc2)n[nH]1. The average Bonchev–Trinajstić information content (AvgIpc) is 2.78. The van der Waals surface area contributed by atoms with E-state index in [4.69, 9.17) is 0 Å². The quantitative estimate of drug-likeness (QED) is 0.608. The lowest BCUT2D eigenvalue weighted by atomic mass is 10.1. The molecule has 2 rings (SSSR count). The number of nitrogens with zero attached hydrogens (tertiary/aromatic N) is 1. The fourth-order valence-electron chi connectivity index (χ4n) is 1.31. The standard InChI is InChI=1S/C12H10N2O/c1-2-12(15)11-8-10(13-14-11)9-6-4-3-5-7-9/h2-8H,1H2,(H,13,14). The van der Waals surface area contributed by atoms with Crippen LogP contribution in [0.1, 0.15) is 10.5 Å². The normalized spacial score (nSPS) is 9.87. The molecule has 74 valence electrons. The fourth-order valence-corrected chi connectivity index (χ4v) is 1.31. The van der Waals surface area contributed by atoms with E-state index >= 15 is 0 Å². The minimum absolute atomic E-state index is 0.148. The lowest BCUT2D eigenvalue weighted by molar-refractivity contribution is 0.104. The Morgan fingerprint density at radius 2 is 2.07 bits per heavy atom. The number of carbonyl (C=O) groups is 1. The number of hydrogen-bond acceptors (Lipinski definition) is 2. The third-order valence-corrected chi connectivity index (χ3v) is 2.10. The van der Waals surface area contributed by atoms with Crippen molar-refractivity contribution < 1.29 is 4.79 Å². The summed E-state index contributed by atoms with van der Waals surface area (Å²) in [7, 11) is 0. The molecule has 1 aromatic heterocycles. The van der Waals surface area contributed by atoms with Crippen molar-refractivity contribution in [2.75, 3.05) is 0 Å². The maximum Gasteiger partial charge on any atom is 0.203 e. The molecule has 1 heterocycles. The predicted molar refractivity (Wildman–Crippen MR) is 58.6 cm³/mol. The summed E-state index contributed by atoms with van der Waals surface area (Å²) in [6.07, 6.45) is 1.27. The molecule has 15 heavy (non-hydrogen) atoms. The highest BCUT2D eigenvalue weighted by Crippen LogP contribution is 2.16. The minimum atomic E-state index is -0.148. The van der Waals surface area contributed by atoms with E-state index < -0.39 is 0 Å². The molecule has 2 aromatic rings. The lowest BCUT2D eigenvalue weighted by Gasteiger charge is -1.92. The van der Waals surface area contributed by atoms with Gasteiger partial charge >= 0.3 is 0 Å². The largest absolute Gasteiger partial charge is 0.288 e. The van der Waals surface area contributed by atoms with Gasteiger partial charge < -0.3 is 0 Å². The van der Waals surface area contributed by atoms with Crippen molar-refractivity contribution in [1.82, 2.24) is 10.2 Å². The van der Waals surface area contributed by atoms with Gasteiger partial charge in [0.2, 0.25) is 5.78 Å². The number of carbonyl (C=O) groups excluding carboxylic acids is 1. The molecule has 0 saturated carbocycles. The zero-order valence-electron chi connectivity index (χ0n) is 8.10. The van der Waals surface area contributed by atoms with Crippen molar-refractivity contribution in [1.29, 1.82) is 0 Å². The Hall–Kier alpha value is -2.16. The predicted octanol–water partition coefficient (Wildman–Crippen LogP) is 2.45. The highest BCUT2D eigenvalue weighted by Gasteiger charge is 2.07. The van der Waals surface area contributed by atoms with Gasteiger partial charge in [-0.15, -0.1) is 0 Å². The molecule has 0 amide bonds. The Kier molecular flexibility index (Phi) is 2.46. The van der Waals surface area contributed by atoms with E-state index in [1.165, 1.54) is 6.08 Å². The van der Waals surface area contributed by atoms with E-state index in [0.29, 0.717) is 5.69 Å². The van der Waals surface area contributed by atoms with Crippen LogP contribution in [0.5, 0.6) is 0 Å². The van der Waals surface area contributed by atoms with Crippen molar-refractivity contribution in [2.45, 2.75) is 0 Å². The second kappa shape index (κ2) is 3.92. The Morgan fingerprint density at radius 1 is 1.33 bits per heavy atom. The van der Waals surface area contributed by atoms with Crippen molar-refractivity contribution in [3.05, 3.63) is 54.7 Å². The van der Waals surface area contributed by atoms with Crippen LogP contribution in [0.3, 0.4) is 0 Å². The third-order valence-electron chi connectivity index (χ3n) is 2.10. The zero-order chi connectivity index (χ0) is 10.7. The number of allylic oxidation sites excluding steroid dienone is 1. The lowest BCUT2D eigenvalue weighted by Crippen LogP contribution is -1.92. The summed E-state index contributed by atoms with van der Waals surface area (Å²) in [6.45, 7) is 3.42. The number of nitrogens with one attached hydrogen (secondary N) is 1. The van der Waals surface area contributed by atoms with Gasteiger partial charge in [0, 0.05) is 5.56 Å². The molecule has 0 fully saturated rings. The van der Waals surface area contributed by atoms with Gasteiger partial charge in [-0.2, -0.15) is 5.10 Å². The Morgan fingerprint density at radius 3 is 2.73 bits per heavy atom. The van der Waals surface area contributed by atoms with E-state index in [1.807, 2.05) is 30.3 Å². The van der Waals surface area contributed by atoms with Crippen LogP contribution >= 0.6 is 0 Å². The van der Waals surface area contributed by atoms with E-state index in [9.17, 15) is 4.79 Å². The molecule has 0 radical (unpaired) electrons. The molecule has 0 unspecified atom stereocenters. The number of aromatic amines is 1. The second-order valence-corrected chi connectivity index (χ2v) is 3.10. The summed E-state index contributed by atoms with van der Waals surface area (Å²) in [5, 5.41) is 6.75. The molecule has 1 N–H and O–H groups in total. The third kappa shape index (κ3) is 1.86. The maximum absolute atomic E-state index is 11.3. The molecule has 0 bridgehead atoms. The van der Waals surface area contributed by atoms with Gasteiger partial charge in [-0.25, -0.2) is 0 Å². The van der Waals surface area contributed by atoms with Crippen LogP contribution in [0.15, 0.2) is 49.1 Å². The van der Waals surface area contributed by atoms with Crippen LogP contribution in [-0.2, 0) is 0 Å². The van der Waals surface area contributed by atoms with E-state index in [2.05, 4.69) is 16.8 Å². The van der Waals surface area contributed by atoms with Crippen molar-refractivity contribution in [3.8, 4) is 11.3 Å². The Labute approximate surface area is 87.5 Å². The smallest absolute Gasteiger partial charge is 0.203 e. The number of aromatic nitrogens is 2. The van der Waals surface area contributed by atoms with Crippen molar-refractivity contribution in [3.63, 3.8) is 0 Å². The number of hydrogen-bond donors (Lipinski definition) is 1. The van der Waals surface area contributed by atoms with Gasteiger partial charge in [0.05, 0.1) is 5.69 Å². The minimum Gasteiger partial charge on any atom is -0.288 e. The van der Waals surface area contributed by atoms with Gasteiger partial charge in [0.1, 0.15) is 5.69 Å². The first kappa shape index (κ1) is 9.40. The second-order valence-electron chi connectivity index (χ2n) is 3.10. The summed E-state index contributed by atoms with van der Waals surface area (Å²) in [5.41, 5.74) is 2.21. The molecular weight excluding hydrogens is 188 g/mol. The number of rotatable bonds is 3. The molecule has 0 aliphatic rings. The summed E-state index contributed by atoms with van der Waals surface area (Å²) in [5.74, 6) is -0.148. The molecular formula is C12H10N2O. The topological polar surface area (TPSA) is 45.8 Å². The molecule has 0 aliphatic carbocycles. The highest BCUT2D eigenvalue weighted by atomic mass is 16.1. The number of H-pyrrole nitrogens is 1. The Bertz CT molecular complexity index is 485. The van der Waals surface area contributed by atoms with Gasteiger partial charge in [0.15, 0.2) is 0 Å². The Balaban J connectivity index is 2.36. The molecule has 0 saturated heterocycles. The van der Waals surface area contributed by atoms with Gasteiger partial charge in [-0.05, 0) is 12.1 Å². The van der Waals surface area contributed by atoms with Crippen LogP contribution < -0.4 is 0 Å². The first-order valence-electron chi connectivity index (χ1n) is 4.59. The first-order chi connectivity index (χ1) is 7.31. The van der Waals surface area contributed by atoms with Gasteiger partial charge in [0.25, 0.3) is 0 Å². The van der Waals surface area contributed by atoms with Crippen LogP contribution in [0, 0.1) is 0 Å². The van der Waals surface area contributed by atoms with E-state index in [0.717, 1.165) is 11.3 Å². The summed E-state index contributed by atoms with van der Waals surface area (Å²) in [4.78, 5) is 11.3. The van der Waals surface area contributed by atoms with Crippen LogP contribution in [0.2, 0.25) is 0 Å². The summed E-state index contributed by atoms with van der Waals surface area (Å²) in [6, 6.07) is 11.4. The van der Waals surface area contributed by atoms with Crippen LogP contribution in [0.25, 0.3) is 11.3 Å². The van der Waals surface area contributed by atoms with Crippen molar-refractivity contribution in [2.24, 2.45) is 0 Å². The highest BCUT2D eigenvalue weighted by molar-refractivity contribution is 6.03. The molecule has 0 atom stereocenters. The number of benzene rings is 1. The van der Waals surface area contributed by atoms with E-state index in [-0.39, 0.29) is 5.78 Å². The fraction of sp³-hybridized carbons (Fsp3) is 0. The maximum atomic E-state index is 11.3. The van der Waals surface area contributed by atoms with Gasteiger partial charge in [-0.1, -0.05) is 36.9 Å². The molecule has 3 heteroatoms. The molecule has 0 aliphatic heterocycles. The monoisotopic (exact) mass is 198 g/mol. The van der Waals surface area contributed by atoms with Crippen LogP contribution in [0.4, 0.5) is 0 Å². The number of ketones is 1.